The van der Waals surface area contributed by atoms with E-state index in [-0.39, 0.29) is 5.82 Å². The Labute approximate surface area is 125 Å². The second-order valence-electron chi connectivity index (χ2n) is 4.42. The number of anilines is 1. The van der Waals surface area contributed by atoms with E-state index in [1.165, 1.54) is 19.2 Å². The average molecular weight is 340 g/mol. The van der Waals surface area contributed by atoms with Crippen LogP contribution in [0.1, 0.15) is 17.2 Å². The van der Waals surface area contributed by atoms with Crippen LogP contribution in [0.2, 0.25) is 0 Å². The molecule has 0 bridgehead atoms. The Kier molecular flexibility index (Phi) is 4.62. The van der Waals surface area contributed by atoms with Crippen LogP contribution >= 0.6 is 15.9 Å². The number of ether oxygens (including phenoxy) is 1. The lowest BCUT2D eigenvalue weighted by atomic mass is 9.99. The van der Waals surface area contributed by atoms with Gasteiger partial charge in [-0.1, -0.05) is 34.1 Å². The van der Waals surface area contributed by atoms with Crippen LogP contribution < -0.4 is 10.5 Å². The van der Waals surface area contributed by atoms with E-state index < -0.39 is 6.10 Å². The molecule has 0 aliphatic heterocycles. The predicted molar refractivity (Wildman–Crippen MR) is 80.2 cm³/mol. The van der Waals surface area contributed by atoms with E-state index in [0.717, 1.165) is 5.56 Å². The summed E-state index contributed by atoms with van der Waals surface area (Å²) in [5.74, 6) is 0.204. The zero-order valence-electron chi connectivity index (χ0n) is 10.9. The molecule has 3 nitrogen and oxygen atoms in total. The highest BCUT2D eigenvalue weighted by atomic mass is 79.9. The van der Waals surface area contributed by atoms with E-state index >= 15 is 0 Å². The molecule has 2 rings (SSSR count). The molecule has 0 saturated heterocycles. The predicted octanol–water partition coefficient (Wildman–Crippen LogP) is 3.46. The van der Waals surface area contributed by atoms with Gasteiger partial charge in [0, 0.05) is 16.5 Å². The molecule has 3 N–H and O–H groups in total. The number of nitrogens with two attached hydrogens (primary N) is 1. The van der Waals surface area contributed by atoms with Crippen molar-refractivity contribution < 1.29 is 14.2 Å². The van der Waals surface area contributed by atoms with Gasteiger partial charge in [0.05, 0.1) is 18.9 Å². The molecule has 106 valence electrons. The zero-order valence-corrected chi connectivity index (χ0v) is 12.5. The van der Waals surface area contributed by atoms with Crippen molar-refractivity contribution in [2.45, 2.75) is 12.5 Å². The maximum Gasteiger partial charge on any atom is 0.142 e. The second-order valence-corrected chi connectivity index (χ2v) is 5.27. The van der Waals surface area contributed by atoms with Crippen LogP contribution in [-0.4, -0.2) is 12.2 Å². The molecular weight excluding hydrogens is 325 g/mol. The molecule has 0 spiro atoms. The van der Waals surface area contributed by atoms with Crippen LogP contribution in [-0.2, 0) is 6.42 Å². The maximum absolute atomic E-state index is 13.0. The molecule has 20 heavy (non-hydrogen) atoms. The molecule has 0 aliphatic carbocycles. The van der Waals surface area contributed by atoms with Gasteiger partial charge in [0.2, 0.25) is 0 Å². The molecule has 0 fully saturated rings. The van der Waals surface area contributed by atoms with E-state index in [1.54, 1.807) is 24.3 Å². The number of methoxy groups -OCH3 is 1. The van der Waals surface area contributed by atoms with Crippen LogP contribution in [0.5, 0.6) is 5.75 Å². The van der Waals surface area contributed by atoms with Crippen LogP contribution in [0, 0.1) is 5.82 Å². The fourth-order valence-corrected chi connectivity index (χ4v) is 2.55. The topological polar surface area (TPSA) is 55.5 Å². The molecular formula is C15H15BrFNO2. The van der Waals surface area contributed by atoms with Gasteiger partial charge in [0.15, 0.2) is 0 Å². The minimum atomic E-state index is -0.785. The summed E-state index contributed by atoms with van der Waals surface area (Å²) in [5, 5.41) is 10.3. The Bertz CT molecular complexity index is 619. The van der Waals surface area contributed by atoms with Crippen molar-refractivity contribution >= 4 is 21.6 Å². The van der Waals surface area contributed by atoms with Crippen LogP contribution in [0.15, 0.2) is 40.9 Å². The monoisotopic (exact) mass is 339 g/mol. The largest absolute Gasteiger partial charge is 0.495 e. The molecule has 5 heteroatoms. The third kappa shape index (κ3) is 3.11. The molecule has 0 aromatic heterocycles. The maximum atomic E-state index is 13.0. The third-order valence-electron chi connectivity index (χ3n) is 3.11. The van der Waals surface area contributed by atoms with E-state index in [2.05, 4.69) is 15.9 Å². The minimum Gasteiger partial charge on any atom is -0.495 e. The van der Waals surface area contributed by atoms with Gasteiger partial charge in [-0.2, -0.15) is 0 Å². The summed E-state index contributed by atoms with van der Waals surface area (Å²) in [6.45, 7) is 0. The van der Waals surface area contributed by atoms with E-state index in [9.17, 15) is 9.50 Å². The molecule has 2 aromatic rings. The summed E-state index contributed by atoms with van der Waals surface area (Å²) in [7, 11) is 1.53. The van der Waals surface area contributed by atoms with Crippen LogP contribution in [0.25, 0.3) is 0 Å². The molecule has 1 atom stereocenters. The lowest BCUT2D eigenvalue weighted by Crippen LogP contribution is -2.07. The van der Waals surface area contributed by atoms with Gasteiger partial charge in [-0.05, 0) is 23.8 Å². The first-order valence-electron chi connectivity index (χ1n) is 6.07. The highest BCUT2D eigenvalue weighted by molar-refractivity contribution is 9.10. The van der Waals surface area contributed by atoms with Crippen molar-refractivity contribution in [3.8, 4) is 5.75 Å². The Balaban J connectivity index is 2.26. The number of nitrogen functional groups attached to an aromatic ring is 1. The van der Waals surface area contributed by atoms with Gasteiger partial charge >= 0.3 is 0 Å². The van der Waals surface area contributed by atoms with Gasteiger partial charge in [-0.25, -0.2) is 4.39 Å². The summed E-state index contributed by atoms with van der Waals surface area (Å²) >= 11 is 3.29. The number of aliphatic hydroxyl groups is 1. The summed E-state index contributed by atoms with van der Waals surface area (Å²) in [6, 6.07) is 9.63. The van der Waals surface area contributed by atoms with Crippen molar-refractivity contribution in [3.63, 3.8) is 0 Å². The highest BCUT2D eigenvalue weighted by Crippen LogP contribution is 2.32. The first-order chi connectivity index (χ1) is 9.52. The molecule has 0 amide bonds. The van der Waals surface area contributed by atoms with Gasteiger partial charge in [-0.15, -0.1) is 0 Å². The van der Waals surface area contributed by atoms with Crippen molar-refractivity contribution in [3.05, 3.63) is 57.8 Å². The van der Waals surface area contributed by atoms with Crippen molar-refractivity contribution in [1.29, 1.82) is 0 Å². The smallest absolute Gasteiger partial charge is 0.142 e. The normalized spacial score (nSPS) is 12.2. The molecule has 0 aliphatic rings. The summed E-state index contributed by atoms with van der Waals surface area (Å²) in [6.07, 6.45) is -0.454. The molecule has 0 saturated carbocycles. The molecule has 2 aromatic carbocycles. The number of aliphatic hydroxyl groups excluding tert-OH is 1. The van der Waals surface area contributed by atoms with Crippen LogP contribution in [0.3, 0.4) is 0 Å². The Hall–Kier alpha value is -1.59. The first-order valence-corrected chi connectivity index (χ1v) is 6.86. The summed E-state index contributed by atoms with van der Waals surface area (Å²) < 4.78 is 18.8. The van der Waals surface area contributed by atoms with E-state index in [4.69, 9.17) is 10.5 Å². The summed E-state index contributed by atoms with van der Waals surface area (Å²) in [5.41, 5.74) is 7.78. The SMILES string of the molecule is COc1cccc(C(O)Cc2ccc(F)cc2Br)c1N. The van der Waals surface area contributed by atoms with Crippen LogP contribution in [0.4, 0.5) is 10.1 Å². The Morgan fingerprint density at radius 1 is 1.35 bits per heavy atom. The lowest BCUT2D eigenvalue weighted by molar-refractivity contribution is 0.178. The van der Waals surface area contributed by atoms with Crippen molar-refractivity contribution in [2.75, 3.05) is 12.8 Å². The average Bonchev–Trinajstić information content (AvgIpc) is 2.42. The van der Waals surface area contributed by atoms with Gasteiger partial charge in [0.1, 0.15) is 11.6 Å². The first kappa shape index (κ1) is 14.8. The highest BCUT2D eigenvalue weighted by Gasteiger charge is 2.16. The number of hydrogen-bond donors (Lipinski definition) is 2. The number of halogens is 2. The zero-order chi connectivity index (χ0) is 14.7. The standard InChI is InChI=1S/C15H15BrFNO2/c1-20-14-4-2-3-11(15(14)18)13(19)7-9-5-6-10(17)8-12(9)16/h2-6,8,13,19H,7,18H2,1H3. The number of benzene rings is 2. The fourth-order valence-electron chi connectivity index (χ4n) is 2.04. The number of rotatable bonds is 4. The van der Waals surface area contributed by atoms with E-state index in [0.29, 0.717) is 27.9 Å². The van der Waals surface area contributed by atoms with Crippen molar-refractivity contribution in [1.82, 2.24) is 0 Å². The second kappa shape index (κ2) is 6.24. The lowest BCUT2D eigenvalue weighted by Gasteiger charge is -2.16. The third-order valence-corrected chi connectivity index (χ3v) is 3.85. The summed E-state index contributed by atoms with van der Waals surface area (Å²) in [4.78, 5) is 0. The Morgan fingerprint density at radius 2 is 2.10 bits per heavy atom. The molecule has 0 radical (unpaired) electrons. The van der Waals surface area contributed by atoms with Crippen molar-refractivity contribution in [2.24, 2.45) is 0 Å². The quantitative estimate of drug-likeness (QED) is 0.838. The van der Waals surface area contributed by atoms with Gasteiger partial charge in [-0.3, -0.25) is 0 Å². The van der Waals surface area contributed by atoms with Gasteiger partial charge in [0.25, 0.3) is 0 Å². The number of para-hydroxylation sites is 1. The fraction of sp³-hybridized carbons (Fsp3) is 0.200. The number of hydrogen-bond acceptors (Lipinski definition) is 3. The van der Waals surface area contributed by atoms with E-state index in [1.807, 2.05) is 0 Å². The minimum absolute atomic E-state index is 0.323. The molecule has 1 unspecified atom stereocenters. The molecule has 0 heterocycles. The van der Waals surface area contributed by atoms with Gasteiger partial charge < -0.3 is 15.6 Å². The Morgan fingerprint density at radius 3 is 2.75 bits per heavy atom.